The molecule has 7 heteroatoms. The second-order valence-corrected chi connectivity index (χ2v) is 4.86. The number of anilines is 2. The van der Waals surface area contributed by atoms with E-state index in [0.29, 0.717) is 21.4 Å². The summed E-state index contributed by atoms with van der Waals surface area (Å²) in [6, 6.07) is 4.88. The number of amides is 1. The van der Waals surface area contributed by atoms with Crippen LogP contribution >= 0.6 is 23.2 Å². The summed E-state index contributed by atoms with van der Waals surface area (Å²) in [5.41, 5.74) is 7.42. The Morgan fingerprint density at radius 3 is 2.79 bits per heavy atom. The Kier molecular flexibility index (Phi) is 3.97. The van der Waals surface area contributed by atoms with Crippen molar-refractivity contribution in [3.05, 3.63) is 40.1 Å². The van der Waals surface area contributed by atoms with E-state index in [0.717, 1.165) is 5.69 Å². The Balaban J connectivity index is 2.07. The van der Waals surface area contributed by atoms with Crippen molar-refractivity contribution < 1.29 is 4.79 Å². The van der Waals surface area contributed by atoms with Gasteiger partial charge in [0, 0.05) is 5.02 Å². The fourth-order valence-corrected chi connectivity index (χ4v) is 1.88. The molecule has 5 nitrogen and oxygen atoms in total. The van der Waals surface area contributed by atoms with Gasteiger partial charge in [0.1, 0.15) is 6.54 Å². The van der Waals surface area contributed by atoms with E-state index in [9.17, 15) is 4.79 Å². The molecule has 2 rings (SSSR count). The van der Waals surface area contributed by atoms with Crippen molar-refractivity contribution >= 4 is 40.5 Å². The molecule has 2 aromatic rings. The van der Waals surface area contributed by atoms with Crippen LogP contribution in [-0.4, -0.2) is 15.7 Å². The largest absolute Gasteiger partial charge is 0.397 e. The van der Waals surface area contributed by atoms with Gasteiger partial charge in [-0.25, -0.2) is 0 Å². The van der Waals surface area contributed by atoms with Gasteiger partial charge in [0.15, 0.2) is 0 Å². The third kappa shape index (κ3) is 3.19. The normalized spacial score (nSPS) is 10.5. The third-order valence-corrected chi connectivity index (χ3v) is 3.23. The van der Waals surface area contributed by atoms with E-state index in [1.54, 1.807) is 25.1 Å². The number of nitrogens with zero attached hydrogens (tertiary/aromatic N) is 2. The van der Waals surface area contributed by atoms with Gasteiger partial charge in [-0.15, -0.1) is 0 Å². The summed E-state index contributed by atoms with van der Waals surface area (Å²) in [7, 11) is 0. The first-order chi connectivity index (χ1) is 8.97. The van der Waals surface area contributed by atoms with E-state index in [4.69, 9.17) is 28.9 Å². The Hall–Kier alpha value is -1.72. The van der Waals surface area contributed by atoms with Crippen LogP contribution in [0, 0.1) is 6.92 Å². The molecule has 0 spiro atoms. The van der Waals surface area contributed by atoms with Gasteiger partial charge in [-0.1, -0.05) is 23.2 Å². The van der Waals surface area contributed by atoms with Gasteiger partial charge in [-0.2, -0.15) is 5.10 Å². The van der Waals surface area contributed by atoms with Gasteiger partial charge < -0.3 is 11.1 Å². The van der Waals surface area contributed by atoms with E-state index < -0.39 is 0 Å². The number of hydrogen-bond acceptors (Lipinski definition) is 3. The Bertz CT molecular complexity index is 624. The summed E-state index contributed by atoms with van der Waals surface area (Å²) in [5, 5.41) is 7.75. The standard InChI is InChI=1S/C12H12Cl2N4O/c1-7-9(14)5-16-18(7)6-12(19)17-11-3-2-8(13)4-10(11)15/h2-5H,6,15H2,1H3,(H,17,19). The fraction of sp³-hybridized carbons (Fsp3) is 0.167. The van der Waals surface area contributed by atoms with E-state index in [2.05, 4.69) is 10.4 Å². The quantitative estimate of drug-likeness (QED) is 0.856. The molecule has 1 aromatic carbocycles. The number of rotatable bonds is 3. The number of aromatic nitrogens is 2. The molecule has 0 aliphatic rings. The first kappa shape index (κ1) is 13.7. The second-order valence-electron chi connectivity index (χ2n) is 4.02. The molecule has 0 aliphatic heterocycles. The van der Waals surface area contributed by atoms with Crippen LogP contribution in [-0.2, 0) is 11.3 Å². The van der Waals surface area contributed by atoms with Gasteiger partial charge in [0.05, 0.1) is 28.3 Å². The molecule has 1 aromatic heterocycles. The predicted molar refractivity (Wildman–Crippen MR) is 76.5 cm³/mol. The Morgan fingerprint density at radius 1 is 1.47 bits per heavy atom. The molecular formula is C12H12Cl2N4O. The van der Waals surface area contributed by atoms with Crippen LogP contribution in [0.2, 0.25) is 10.0 Å². The molecule has 0 bridgehead atoms. The molecule has 0 aliphatic carbocycles. The molecule has 0 atom stereocenters. The number of nitrogens with two attached hydrogens (primary N) is 1. The van der Waals surface area contributed by atoms with Gasteiger partial charge >= 0.3 is 0 Å². The van der Waals surface area contributed by atoms with Crippen molar-refractivity contribution in [2.24, 2.45) is 0 Å². The topological polar surface area (TPSA) is 72.9 Å². The average Bonchev–Trinajstić information content (AvgIpc) is 2.65. The third-order valence-electron chi connectivity index (χ3n) is 2.62. The lowest BCUT2D eigenvalue weighted by atomic mass is 10.2. The van der Waals surface area contributed by atoms with Crippen LogP contribution in [0.5, 0.6) is 0 Å². The molecule has 19 heavy (non-hydrogen) atoms. The van der Waals surface area contributed by atoms with Gasteiger partial charge in [-0.3, -0.25) is 9.48 Å². The lowest BCUT2D eigenvalue weighted by Crippen LogP contribution is -2.20. The summed E-state index contributed by atoms with van der Waals surface area (Å²) in [6.07, 6.45) is 1.50. The number of halogens is 2. The van der Waals surface area contributed by atoms with Crippen molar-refractivity contribution in [3.63, 3.8) is 0 Å². The van der Waals surface area contributed by atoms with Crippen molar-refractivity contribution in [2.45, 2.75) is 13.5 Å². The van der Waals surface area contributed by atoms with Crippen LogP contribution in [0.4, 0.5) is 11.4 Å². The molecule has 0 unspecified atom stereocenters. The summed E-state index contributed by atoms with van der Waals surface area (Å²) >= 11 is 11.7. The number of nitrogens with one attached hydrogen (secondary N) is 1. The smallest absolute Gasteiger partial charge is 0.246 e. The maximum Gasteiger partial charge on any atom is 0.246 e. The second kappa shape index (κ2) is 5.50. The molecule has 0 saturated heterocycles. The summed E-state index contributed by atoms with van der Waals surface area (Å²) in [6.45, 7) is 1.86. The van der Waals surface area contributed by atoms with E-state index >= 15 is 0 Å². The zero-order chi connectivity index (χ0) is 14.0. The summed E-state index contributed by atoms with van der Waals surface area (Å²) < 4.78 is 1.52. The van der Waals surface area contributed by atoms with Crippen molar-refractivity contribution in [1.82, 2.24) is 9.78 Å². The highest BCUT2D eigenvalue weighted by Crippen LogP contribution is 2.22. The number of nitrogen functional groups attached to an aromatic ring is 1. The molecule has 1 heterocycles. The number of carbonyl (C=O) groups excluding carboxylic acids is 1. The monoisotopic (exact) mass is 298 g/mol. The lowest BCUT2D eigenvalue weighted by molar-refractivity contribution is -0.116. The van der Waals surface area contributed by atoms with E-state index in [-0.39, 0.29) is 12.5 Å². The first-order valence-corrected chi connectivity index (χ1v) is 6.25. The van der Waals surface area contributed by atoms with E-state index in [1.165, 1.54) is 10.9 Å². The zero-order valence-corrected chi connectivity index (χ0v) is 11.7. The minimum atomic E-state index is -0.239. The van der Waals surface area contributed by atoms with Crippen LogP contribution in [0.25, 0.3) is 0 Å². The highest BCUT2D eigenvalue weighted by molar-refractivity contribution is 6.31. The number of benzene rings is 1. The van der Waals surface area contributed by atoms with Gasteiger partial charge in [0.2, 0.25) is 5.91 Å². The van der Waals surface area contributed by atoms with Crippen LogP contribution in [0.3, 0.4) is 0 Å². The first-order valence-electron chi connectivity index (χ1n) is 5.50. The van der Waals surface area contributed by atoms with Crippen molar-refractivity contribution in [2.75, 3.05) is 11.1 Å². The molecular weight excluding hydrogens is 287 g/mol. The maximum atomic E-state index is 11.9. The average molecular weight is 299 g/mol. The molecule has 0 fully saturated rings. The molecule has 0 radical (unpaired) electrons. The van der Waals surface area contributed by atoms with Gasteiger partial charge in [-0.05, 0) is 25.1 Å². The highest BCUT2D eigenvalue weighted by Gasteiger charge is 2.10. The number of hydrogen-bond donors (Lipinski definition) is 2. The van der Waals surface area contributed by atoms with Gasteiger partial charge in [0.25, 0.3) is 0 Å². The predicted octanol–water partition coefficient (Wildman–Crippen LogP) is 2.72. The summed E-state index contributed by atoms with van der Waals surface area (Å²) in [4.78, 5) is 11.9. The molecule has 100 valence electrons. The molecule has 1 amide bonds. The lowest BCUT2D eigenvalue weighted by Gasteiger charge is -2.09. The minimum absolute atomic E-state index is 0.0701. The maximum absolute atomic E-state index is 11.9. The molecule has 0 saturated carbocycles. The Labute approximate surface area is 120 Å². The van der Waals surface area contributed by atoms with Crippen molar-refractivity contribution in [1.29, 1.82) is 0 Å². The van der Waals surface area contributed by atoms with E-state index in [1.807, 2.05) is 0 Å². The SMILES string of the molecule is Cc1c(Cl)cnn1CC(=O)Nc1ccc(Cl)cc1N. The van der Waals surface area contributed by atoms with Crippen molar-refractivity contribution in [3.8, 4) is 0 Å². The summed E-state index contributed by atoms with van der Waals surface area (Å²) in [5.74, 6) is -0.239. The number of carbonyl (C=O) groups is 1. The zero-order valence-electron chi connectivity index (χ0n) is 10.2. The minimum Gasteiger partial charge on any atom is -0.397 e. The Morgan fingerprint density at radius 2 is 2.21 bits per heavy atom. The fourth-order valence-electron chi connectivity index (χ4n) is 1.56. The van der Waals surface area contributed by atoms with Crippen LogP contribution < -0.4 is 11.1 Å². The van der Waals surface area contributed by atoms with Crippen LogP contribution in [0.1, 0.15) is 5.69 Å². The van der Waals surface area contributed by atoms with Crippen LogP contribution in [0.15, 0.2) is 24.4 Å². The highest BCUT2D eigenvalue weighted by atomic mass is 35.5. The molecule has 3 N–H and O–H groups in total.